The molecule has 26 heavy (non-hydrogen) atoms. The van der Waals surface area contributed by atoms with Crippen molar-refractivity contribution in [2.75, 3.05) is 26.6 Å². The van der Waals surface area contributed by atoms with Crippen LogP contribution in [0.15, 0.2) is 47.6 Å². The van der Waals surface area contributed by atoms with Crippen LogP contribution in [0.4, 0.5) is 5.69 Å². The number of hydrogen-bond acceptors (Lipinski definition) is 7. The molecule has 7 heteroatoms. The first-order chi connectivity index (χ1) is 12.5. The third-order valence-electron chi connectivity index (χ3n) is 4.70. The minimum Gasteiger partial charge on any atom is -0.497 e. The zero-order valence-corrected chi connectivity index (χ0v) is 15.1. The zero-order chi connectivity index (χ0) is 18.9. The molecule has 3 rings (SSSR count). The van der Waals surface area contributed by atoms with Crippen molar-refractivity contribution in [3.05, 3.63) is 47.6 Å². The van der Waals surface area contributed by atoms with E-state index in [0.717, 1.165) is 11.4 Å². The van der Waals surface area contributed by atoms with E-state index in [1.165, 1.54) is 14.2 Å². The lowest BCUT2D eigenvalue weighted by Crippen LogP contribution is -2.46. The first-order valence-electron chi connectivity index (χ1n) is 8.16. The number of esters is 2. The fraction of sp³-hybridized carbons (Fsp3) is 0.368. The largest absolute Gasteiger partial charge is 0.497 e. The summed E-state index contributed by atoms with van der Waals surface area (Å²) >= 11 is 0. The van der Waals surface area contributed by atoms with Crippen LogP contribution in [-0.4, -0.2) is 51.0 Å². The average Bonchev–Trinajstić information content (AvgIpc) is 3.25. The van der Waals surface area contributed by atoms with Gasteiger partial charge in [0, 0.05) is 5.69 Å². The second-order valence-electron chi connectivity index (χ2n) is 6.06. The normalized spacial score (nSPS) is 24.4. The molecule has 2 aliphatic heterocycles. The summed E-state index contributed by atoms with van der Waals surface area (Å²) in [6, 6.07) is 7.02. The molecule has 3 atom stereocenters. The Morgan fingerprint density at radius 2 is 1.77 bits per heavy atom. The van der Waals surface area contributed by atoms with Gasteiger partial charge in [-0.3, -0.25) is 0 Å². The number of rotatable bonds is 6. The fourth-order valence-corrected chi connectivity index (χ4v) is 3.38. The Morgan fingerprint density at radius 1 is 1.12 bits per heavy atom. The van der Waals surface area contributed by atoms with Crippen molar-refractivity contribution in [1.82, 2.24) is 0 Å². The maximum absolute atomic E-state index is 12.4. The van der Waals surface area contributed by atoms with Gasteiger partial charge in [0.05, 0.1) is 38.5 Å². The van der Waals surface area contributed by atoms with Gasteiger partial charge >= 0.3 is 11.9 Å². The fourth-order valence-electron chi connectivity index (χ4n) is 3.38. The number of carbonyl (C=O) groups is 2. The molecule has 2 aliphatic rings. The highest BCUT2D eigenvalue weighted by Gasteiger charge is 2.57. The summed E-state index contributed by atoms with van der Waals surface area (Å²) in [5, 5.41) is 3.31. The molecule has 0 aliphatic carbocycles. The molecule has 7 nitrogen and oxygen atoms in total. The standard InChI is InChI=1S/C19H21NO6/c1-11(20-12-5-7-13(23-2)8-6-12)19-10-9-14(26-19)15(17(21)24-3)16(19)18(22)25-4/h5-11,14,20H,1-4H3/t11-,14?,19?/m1/s1. The molecule has 0 amide bonds. The topological polar surface area (TPSA) is 83.1 Å². The quantitative estimate of drug-likeness (QED) is 0.613. The van der Waals surface area contributed by atoms with Crippen LogP contribution in [0.5, 0.6) is 5.75 Å². The highest BCUT2D eigenvalue weighted by molar-refractivity contribution is 6.05. The van der Waals surface area contributed by atoms with Gasteiger partial charge in [0.15, 0.2) is 0 Å². The van der Waals surface area contributed by atoms with Crippen molar-refractivity contribution in [2.45, 2.75) is 24.7 Å². The molecule has 0 saturated carbocycles. The van der Waals surface area contributed by atoms with Crippen LogP contribution in [0.1, 0.15) is 6.92 Å². The second kappa shape index (κ2) is 6.84. The van der Waals surface area contributed by atoms with Crippen molar-refractivity contribution in [3.8, 4) is 5.75 Å². The number of fused-ring (bicyclic) bond motifs is 2. The van der Waals surface area contributed by atoms with Crippen molar-refractivity contribution < 1.29 is 28.5 Å². The van der Waals surface area contributed by atoms with Crippen LogP contribution in [0.3, 0.4) is 0 Å². The number of benzene rings is 1. The van der Waals surface area contributed by atoms with Gasteiger partial charge in [0.25, 0.3) is 0 Å². The lowest BCUT2D eigenvalue weighted by atomic mass is 9.82. The molecular weight excluding hydrogens is 338 g/mol. The van der Waals surface area contributed by atoms with E-state index in [0.29, 0.717) is 0 Å². The molecule has 1 aromatic rings. The van der Waals surface area contributed by atoms with Gasteiger partial charge in [-0.05, 0) is 37.3 Å². The summed E-state index contributed by atoms with van der Waals surface area (Å²) in [6.45, 7) is 1.88. The van der Waals surface area contributed by atoms with E-state index in [1.807, 2.05) is 31.2 Å². The van der Waals surface area contributed by atoms with Gasteiger partial charge in [-0.15, -0.1) is 0 Å². The highest BCUT2D eigenvalue weighted by Crippen LogP contribution is 2.46. The molecule has 0 aromatic heterocycles. The number of anilines is 1. The summed E-state index contributed by atoms with van der Waals surface area (Å²) in [4.78, 5) is 24.6. The maximum Gasteiger partial charge on any atom is 0.337 e. The number of nitrogens with one attached hydrogen (secondary N) is 1. The SMILES string of the molecule is COC(=O)C1=C(C(=O)OC)C2([C@@H](C)Nc3ccc(OC)cc3)C=CC1O2. The lowest BCUT2D eigenvalue weighted by molar-refractivity contribution is -0.139. The predicted octanol–water partition coefficient (Wildman–Crippen LogP) is 1.85. The van der Waals surface area contributed by atoms with Crippen molar-refractivity contribution in [2.24, 2.45) is 0 Å². The molecule has 1 aromatic carbocycles. The van der Waals surface area contributed by atoms with Crippen molar-refractivity contribution in [1.29, 1.82) is 0 Å². The summed E-state index contributed by atoms with van der Waals surface area (Å²) in [5.74, 6) is -0.471. The van der Waals surface area contributed by atoms with Crippen LogP contribution in [0.2, 0.25) is 0 Å². The minimum atomic E-state index is -1.11. The smallest absolute Gasteiger partial charge is 0.337 e. The van der Waals surface area contributed by atoms with Crippen LogP contribution in [-0.2, 0) is 23.8 Å². The van der Waals surface area contributed by atoms with E-state index >= 15 is 0 Å². The van der Waals surface area contributed by atoms with Gasteiger partial charge in [-0.2, -0.15) is 0 Å². The van der Waals surface area contributed by atoms with Crippen LogP contribution >= 0.6 is 0 Å². The van der Waals surface area contributed by atoms with E-state index in [9.17, 15) is 9.59 Å². The van der Waals surface area contributed by atoms with Crippen molar-refractivity contribution >= 4 is 17.6 Å². The predicted molar refractivity (Wildman–Crippen MR) is 93.9 cm³/mol. The van der Waals surface area contributed by atoms with Gasteiger partial charge in [0.1, 0.15) is 17.5 Å². The van der Waals surface area contributed by atoms with Gasteiger partial charge in [-0.25, -0.2) is 9.59 Å². The Hall–Kier alpha value is -2.80. The number of carbonyl (C=O) groups excluding carboxylic acids is 2. The third kappa shape index (κ3) is 2.74. The molecule has 0 radical (unpaired) electrons. The zero-order valence-electron chi connectivity index (χ0n) is 15.1. The van der Waals surface area contributed by atoms with Crippen molar-refractivity contribution in [3.63, 3.8) is 0 Å². The van der Waals surface area contributed by atoms with E-state index in [2.05, 4.69) is 5.32 Å². The highest BCUT2D eigenvalue weighted by atomic mass is 16.6. The first-order valence-corrected chi connectivity index (χ1v) is 8.16. The Balaban J connectivity index is 1.95. The van der Waals surface area contributed by atoms with E-state index in [1.54, 1.807) is 19.3 Å². The van der Waals surface area contributed by atoms with Crippen LogP contribution < -0.4 is 10.1 Å². The average molecular weight is 359 g/mol. The lowest BCUT2D eigenvalue weighted by Gasteiger charge is -2.33. The van der Waals surface area contributed by atoms with Gasteiger partial charge in [-0.1, -0.05) is 6.08 Å². The van der Waals surface area contributed by atoms with E-state index < -0.39 is 23.6 Å². The molecule has 138 valence electrons. The summed E-state index contributed by atoms with van der Waals surface area (Å²) in [5.41, 5.74) is 0.0725. The number of hydrogen-bond donors (Lipinski definition) is 1. The Morgan fingerprint density at radius 3 is 2.35 bits per heavy atom. The number of methoxy groups -OCH3 is 3. The third-order valence-corrected chi connectivity index (χ3v) is 4.70. The summed E-state index contributed by atoms with van der Waals surface area (Å²) in [6.07, 6.45) is 2.92. The maximum atomic E-state index is 12.4. The van der Waals surface area contributed by atoms with Crippen LogP contribution in [0.25, 0.3) is 0 Å². The molecule has 0 spiro atoms. The molecular formula is C19H21NO6. The Labute approximate surface area is 151 Å². The number of ether oxygens (including phenoxy) is 4. The second-order valence-corrected chi connectivity index (χ2v) is 6.06. The molecule has 0 fully saturated rings. The van der Waals surface area contributed by atoms with E-state index in [-0.39, 0.29) is 17.2 Å². The molecule has 2 heterocycles. The monoisotopic (exact) mass is 359 g/mol. The molecule has 2 bridgehead atoms. The van der Waals surface area contributed by atoms with Gasteiger partial charge in [0.2, 0.25) is 0 Å². The van der Waals surface area contributed by atoms with Crippen LogP contribution in [0, 0.1) is 0 Å². The molecule has 1 N–H and O–H groups in total. The summed E-state index contributed by atoms with van der Waals surface area (Å²) in [7, 11) is 4.14. The van der Waals surface area contributed by atoms with E-state index in [4.69, 9.17) is 18.9 Å². The Kier molecular flexibility index (Phi) is 4.73. The minimum absolute atomic E-state index is 0.174. The van der Waals surface area contributed by atoms with Gasteiger partial charge < -0.3 is 24.3 Å². The summed E-state index contributed by atoms with van der Waals surface area (Å²) < 4.78 is 20.9. The first kappa shape index (κ1) is 18.0. The Bertz CT molecular complexity index is 782. The molecule has 2 unspecified atom stereocenters. The molecule has 0 saturated heterocycles.